The third-order valence-electron chi connectivity index (χ3n) is 7.08. The number of anilines is 1. The summed E-state index contributed by atoms with van der Waals surface area (Å²) >= 11 is 0. The van der Waals surface area contributed by atoms with E-state index >= 15 is 0 Å². The topological polar surface area (TPSA) is 147 Å². The third kappa shape index (κ3) is 6.28. The molecule has 0 saturated carbocycles. The van der Waals surface area contributed by atoms with E-state index in [-0.39, 0.29) is 46.4 Å². The minimum absolute atomic E-state index is 0.00844. The summed E-state index contributed by atoms with van der Waals surface area (Å²) in [7, 11) is -8.51. The van der Waals surface area contributed by atoms with Crippen LogP contribution in [-0.4, -0.2) is 51.7 Å². The van der Waals surface area contributed by atoms with Crippen LogP contribution in [0.3, 0.4) is 0 Å². The molecule has 1 atom stereocenters. The Morgan fingerprint density at radius 2 is 1.44 bits per heavy atom. The molecule has 1 amide bonds. The summed E-state index contributed by atoms with van der Waals surface area (Å²) < 4.78 is 58.6. The quantitative estimate of drug-likeness (QED) is 0.219. The molecule has 1 unspecified atom stereocenters. The van der Waals surface area contributed by atoms with Crippen LogP contribution in [0.4, 0.5) is 11.4 Å². The van der Waals surface area contributed by atoms with Crippen LogP contribution in [-0.2, 0) is 26.6 Å². The van der Waals surface area contributed by atoms with Crippen molar-refractivity contribution >= 4 is 37.3 Å². The second-order valence-electron chi connectivity index (χ2n) is 10.1. The zero-order valence-corrected chi connectivity index (χ0v) is 24.7. The number of aryl methyl sites for hydroxylation is 1. The molecule has 4 aromatic carbocycles. The molecule has 1 N–H and O–H groups in total. The van der Waals surface area contributed by atoms with Crippen LogP contribution >= 0.6 is 0 Å². The van der Waals surface area contributed by atoms with Crippen LogP contribution in [0.25, 0.3) is 0 Å². The molecule has 0 spiro atoms. The van der Waals surface area contributed by atoms with E-state index in [9.17, 15) is 31.7 Å². The number of non-ortho nitro benzene ring substituents is 1. The number of nitro benzene ring substituents is 1. The summed E-state index contributed by atoms with van der Waals surface area (Å²) in [6.45, 7) is 1.47. The number of sulfonamides is 2. The highest BCUT2D eigenvalue weighted by atomic mass is 32.2. The lowest BCUT2D eigenvalue weighted by molar-refractivity contribution is -0.384. The fraction of sp³-hybridized carbons (Fsp3) is 0.167. The molecule has 11 nitrogen and oxygen atoms in total. The van der Waals surface area contributed by atoms with Crippen molar-refractivity contribution in [2.75, 3.05) is 17.4 Å². The number of nitro groups is 1. The number of benzene rings is 4. The van der Waals surface area contributed by atoms with Gasteiger partial charge in [0.05, 0.1) is 32.0 Å². The Labute approximate surface area is 249 Å². The number of carbonyl (C=O) groups excluding carboxylic acids is 1. The van der Waals surface area contributed by atoms with Gasteiger partial charge < -0.3 is 4.90 Å². The van der Waals surface area contributed by atoms with Gasteiger partial charge in [-0.25, -0.2) is 21.6 Å². The summed E-state index contributed by atoms with van der Waals surface area (Å²) in [5.41, 5.74) is 1.57. The van der Waals surface area contributed by atoms with Crippen molar-refractivity contribution in [1.29, 1.82) is 0 Å². The highest BCUT2D eigenvalue weighted by Gasteiger charge is 2.40. The molecule has 0 aromatic heterocycles. The minimum Gasteiger partial charge on any atom is -0.332 e. The highest BCUT2D eigenvalue weighted by molar-refractivity contribution is 7.93. The predicted octanol–water partition coefficient (Wildman–Crippen LogP) is 4.10. The minimum atomic E-state index is -4.45. The molecule has 222 valence electrons. The monoisotopic (exact) mass is 620 g/mol. The number of fused-ring (bicyclic) bond motifs is 1. The second-order valence-corrected chi connectivity index (χ2v) is 13.6. The molecule has 0 bridgehead atoms. The lowest BCUT2D eigenvalue weighted by Gasteiger charge is -2.33. The Hall–Kier alpha value is -4.59. The van der Waals surface area contributed by atoms with E-state index in [1.165, 1.54) is 29.2 Å². The fourth-order valence-corrected chi connectivity index (χ4v) is 7.63. The zero-order chi connectivity index (χ0) is 30.8. The van der Waals surface area contributed by atoms with Gasteiger partial charge in [0, 0.05) is 31.8 Å². The van der Waals surface area contributed by atoms with Gasteiger partial charge in [0.25, 0.3) is 21.6 Å². The Kier molecular flexibility index (Phi) is 8.31. The molecule has 0 aliphatic carbocycles. The van der Waals surface area contributed by atoms with Gasteiger partial charge in [0.1, 0.15) is 0 Å². The first-order valence-electron chi connectivity index (χ1n) is 13.2. The van der Waals surface area contributed by atoms with Crippen LogP contribution < -0.4 is 9.03 Å². The van der Waals surface area contributed by atoms with Crippen LogP contribution in [0.15, 0.2) is 113 Å². The Morgan fingerprint density at radius 1 is 0.837 bits per heavy atom. The molecule has 43 heavy (non-hydrogen) atoms. The van der Waals surface area contributed by atoms with Crippen molar-refractivity contribution in [3.8, 4) is 0 Å². The van der Waals surface area contributed by atoms with Gasteiger partial charge in [-0.15, -0.1) is 0 Å². The SMILES string of the molecule is Cc1ccc(S(=O)(=O)NCC2CN(Cc3ccccc3)C(=O)c3ccccc3N2S(=O)(=O)c2ccc([N+](=O)[O-])cc2)cc1. The lowest BCUT2D eigenvalue weighted by atomic mass is 10.1. The number of carbonyl (C=O) groups is 1. The zero-order valence-electron chi connectivity index (χ0n) is 23.0. The first kappa shape index (κ1) is 29.9. The Bertz CT molecular complexity index is 1860. The number of rotatable bonds is 9. The molecule has 1 aliphatic rings. The van der Waals surface area contributed by atoms with Crippen molar-refractivity contribution in [2.45, 2.75) is 29.3 Å². The van der Waals surface area contributed by atoms with E-state index in [4.69, 9.17) is 0 Å². The maximum atomic E-state index is 14.2. The van der Waals surface area contributed by atoms with Crippen LogP contribution in [0, 0.1) is 17.0 Å². The number of para-hydroxylation sites is 1. The molecule has 1 heterocycles. The van der Waals surface area contributed by atoms with E-state index in [2.05, 4.69) is 4.72 Å². The maximum Gasteiger partial charge on any atom is 0.269 e. The number of hydrogen-bond acceptors (Lipinski definition) is 7. The normalized spacial score (nSPS) is 15.6. The summed E-state index contributed by atoms with van der Waals surface area (Å²) in [5.74, 6) is -0.424. The first-order valence-corrected chi connectivity index (χ1v) is 16.2. The third-order valence-corrected chi connectivity index (χ3v) is 10.4. The van der Waals surface area contributed by atoms with Crippen LogP contribution in [0.1, 0.15) is 21.5 Å². The van der Waals surface area contributed by atoms with Crippen molar-refractivity contribution in [1.82, 2.24) is 9.62 Å². The van der Waals surface area contributed by atoms with Crippen LogP contribution in [0.2, 0.25) is 0 Å². The molecule has 0 fully saturated rings. The Morgan fingerprint density at radius 3 is 2.09 bits per heavy atom. The lowest BCUT2D eigenvalue weighted by Crippen LogP contribution is -2.51. The Balaban J connectivity index is 1.60. The first-order chi connectivity index (χ1) is 20.5. The van der Waals surface area contributed by atoms with E-state index in [0.717, 1.165) is 39.7 Å². The van der Waals surface area contributed by atoms with Crippen molar-refractivity contribution in [3.05, 3.63) is 130 Å². The molecule has 13 heteroatoms. The number of amides is 1. The molecule has 1 aliphatic heterocycles. The van der Waals surface area contributed by atoms with E-state index in [1.54, 1.807) is 24.3 Å². The van der Waals surface area contributed by atoms with Gasteiger partial charge in [0.15, 0.2) is 0 Å². The van der Waals surface area contributed by atoms with Gasteiger partial charge in [-0.2, -0.15) is 0 Å². The highest BCUT2D eigenvalue weighted by Crippen LogP contribution is 2.34. The molecular formula is C30H28N4O7S2. The van der Waals surface area contributed by atoms with Gasteiger partial charge in [-0.3, -0.25) is 19.2 Å². The van der Waals surface area contributed by atoms with E-state index in [0.29, 0.717) is 0 Å². The van der Waals surface area contributed by atoms with E-state index in [1.807, 2.05) is 37.3 Å². The number of nitrogens with one attached hydrogen (secondary N) is 1. The molecule has 0 saturated heterocycles. The van der Waals surface area contributed by atoms with Gasteiger partial charge in [-0.1, -0.05) is 60.2 Å². The number of nitrogens with zero attached hydrogens (tertiary/aromatic N) is 3. The summed E-state index contributed by atoms with van der Waals surface area (Å²) in [6, 6.07) is 24.9. The summed E-state index contributed by atoms with van der Waals surface area (Å²) in [6.07, 6.45) is 0. The van der Waals surface area contributed by atoms with Crippen molar-refractivity contribution in [2.24, 2.45) is 0 Å². The second kappa shape index (κ2) is 12.0. The number of hydrogen-bond donors (Lipinski definition) is 1. The summed E-state index contributed by atoms with van der Waals surface area (Å²) in [5, 5.41) is 11.2. The average Bonchev–Trinajstić information content (AvgIpc) is 3.11. The summed E-state index contributed by atoms with van der Waals surface area (Å²) in [4.78, 5) is 25.7. The average molecular weight is 621 g/mol. The van der Waals surface area contributed by atoms with Gasteiger partial charge >= 0.3 is 0 Å². The molecule has 5 rings (SSSR count). The molecule has 0 radical (unpaired) electrons. The molecular weight excluding hydrogens is 592 g/mol. The van der Waals surface area contributed by atoms with Gasteiger partial charge in [-0.05, 0) is 48.9 Å². The maximum absolute atomic E-state index is 14.2. The van der Waals surface area contributed by atoms with Crippen molar-refractivity contribution < 1.29 is 26.6 Å². The molecule has 4 aromatic rings. The standard InChI is InChI=1S/C30H28N4O7S2/c1-22-11-15-26(16-12-22)42(38,39)31-19-25-21-32(20-23-7-3-2-4-8-23)30(35)28-9-5-6-10-29(28)33(25)43(40,41)27-17-13-24(14-18-27)34(36)37/h2-18,25,31H,19-21H2,1H3. The largest absolute Gasteiger partial charge is 0.332 e. The fourth-order valence-electron chi connectivity index (χ4n) is 4.90. The van der Waals surface area contributed by atoms with E-state index < -0.39 is 36.9 Å². The van der Waals surface area contributed by atoms with Gasteiger partial charge in [0.2, 0.25) is 10.0 Å². The smallest absolute Gasteiger partial charge is 0.269 e. The van der Waals surface area contributed by atoms with Crippen molar-refractivity contribution in [3.63, 3.8) is 0 Å². The van der Waals surface area contributed by atoms with Crippen LogP contribution in [0.5, 0.6) is 0 Å². The predicted molar refractivity (Wildman–Crippen MR) is 161 cm³/mol.